The Morgan fingerprint density at radius 3 is 2.45 bits per heavy atom. The van der Waals surface area contributed by atoms with E-state index in [4.69, 9.17) is 16.3 Å². The third-order valence-electron chi connectivity index (χ3n) is 3.20. The molecule has 0 spiro atoms. The van der Waals surface area contributed by atoms with Crippen molar-refractivity contribution in [2.75, 3.05) is 6.61 Å². The summed E-state index contributed by atoms with van der Waals surface area (Å²) in [6, 6.07) is 6.90. The van der Waals surface area contributed by atoms with Gasteiger partial charge < -0.3 is 4.74 Å². The van der Waals surface area contributed by atoms with Gasteiger partial charge in [-0.15, -0.1) is 0 Å². The molecule has 1 aliphatic rings. The maximum atomic E-state index is 11.6. The molecule has 0 unspecified atom stereocenters. The van der Waals surface area contributed by atoms with Crippen LogP contribution in [0.3, 0.4) is 0 Å². The summed E-state index contributed by atoms with van der Waals surface area (Å²) in [4.78, 5) is 11.6. The standard InChI is InChI=1S/C15H19ClN2O2/c16-12-7-9-14(10-8-12)20-11-15(19)18-17-13-5-3-1-2-4-6-13/h7-10H,1-6,11H2,(H,18,19). The third kappa shape index (κ3) is 5.21. The summed E-state index contributed by atoms with van der Waals surface area (Å²) in [6.45, 7) is -0.0432. The average Bonchev–Trinajstić information content (AvgIpc) is 2.73. The number of nitrogens with zero attached hydrogens (tertiary/aromatic N) is 1. The van der Waals surface area contributed by atoms with Gasteiger partial charge >= 0.3 is 0 Å². The first-order valence-electron chi connectivity index (χ1n) is 6.97. The van der Waals surface area contributed by atoms with Crippen LogP contribution in [0.15, 0.2) is 29.4 Å². The van der Waals surface area contributed by atoms with Gasteiger partial charge in [0.2, 0.25) is 0 Å². The lowest BCUT2D eigenvalue weighted by molar-refractivity contribution is -0.123. The van der Waals surface area contributed by atoms with Gasteiger partial charge in [-0.1, -0.05) is 24.4 Å². The van der Waals surface area contributed by atoms with Gasteiger partial charge in [0.15, 0.2) is 6.61 Å². The zero-order valence-electron chi connectivity index (χ0n) is 11.4. The van der Waals surface area contributed by atoms with Crippen molar-refractivity contribution in [1.82, 2.24) is 5.43 Å². The molecule has 0 aromatic heterocycles. The number of hydrogen-bond donors (Lipinski definition) is 1. The molecule has 108 valence electrons. The molecule has 1 aromatic carbocycles. The van der Waals surface area contributed by atoms with E-state index in [-0.39, 0.29) is 12.5 Å². The number of nitrogens with one attached hydrogen (secondary N) is 1. The van der Waals surface area contributed by atoms with Gasteiger partial charge in [-0.25, -0.2) is 5.43 Å². The van der Waals surface area contributed by atoms with Crippen LogP contribution in [0.1, 0.15) is 38.5 Å². The molecule has 0 aliphatic heterocycles. The lowest BCUT2D eigenvalue weighted by Crippen LogP contribution is -2.25. The molecule has 1 amide bonds. The lowest BCUT2D eigenvalue weighted by atomic mass is 10.2. The molecule has 1 aromatic rings. The van der Waals surface area contributed by atoms with Gasteiger partial charge in [0.25, 0.3) is 5.91 Å². The average molecular weight is 295 g/mol. The normalized spacial score (nSPS) is 15.3. The van der Waals surface area contributed by atoms with Gasteiger partial charge in [0.05, 0.1) is 0 Å². The van der Waals surface area contributed by atoms with Crippen LogP contribution in [0, 0.1) is 0 Å². The predicted molar refractivity (Wildman–Crippen MR) is 80.2 cm³/mol. The second-order valence-corrected chi connectivity index (χ2v) is 5.31. The van der Waals surface area contributed by atoms with E-state index >= 15 is 0 Å². The minimum atomic E-state index is -0.239. The van der Waals surface area contributed by atoms with Crippen LogP contribution >= 0.6 is 11.6 Å². The molecule has 1 fully saturated rings. The molecule has 1 N–H and O–H groups in total. The highest BCUT2D eigenvalue weighted by Gasteiger charge is 2.07. The van der Waals surface area contributed by atoms with Crippen LogP contribution in [0.25, 0.3) is 0 Å². The molecular formula is C15H19ClN2O2. The summed E-state index contributed by atoms with van der Waals surface area (Å²) in [5.41, 5.74) is 3.65. The minimum Gasteiger partial charge on any atom is -0.484 e. The summed E-state index contributed by atoms with van der Waals surface area (Å²) >= 11 is 5.77. The first kappa shape index (κ1) is 14.9. The van der Waals surface area contributed by atoms with Gasteiger partial charge in [0.1, 0.15) is 5.75 Å². The van der Waals surface area contributed by atoms with Gasteiger partial charge in [-0.05, 0) is 49.9 Å². The number of ether oxygens (including phenoxy) is 1. The van der Waals surface area contributed by atoms with Gasteiger partial charge in [0, 0.05) is 10.7 Å². The summed E-state index contributed by atoms with van der Waals surface area (Å²) in [5.74, 6) is 0.378. The summed E-state index contributed by atoms with van der Waals surface area (Å²) < 4.78 is 5.35. The van der Waals surface area contributed by atoms with Crippen molar-refractivity contribution in [2.45, 2.75) is 38.5 Å². The number of hydrogen-bond acceptors (Lipinski definition) is 3. The number of benzene rings is 1. The Labute approximate surface area is 124 Å². The van der Waals surface area contributed by atoms with E-state index in [1.54, 1.807) is 24.3 Å². The van der Waals surface area contributed by atoms with Gasteiger partial charge in [-0.2, -0.15) is 5.10 Å². The van der Waals surface area contributed by atoms with Crippen molar-refractivity contribution in [2.24, 2.45) is 5.10 Å². The second kappa shape index (κ2) is 7.90. The Bertz CT molecular complexity index is 461. The Kier molecular flexibility index (Phi) is 5.87. The number of carbonyl (C=O) groups excluding carboxylic acids is 1. The molecule has 5 heteroatoms. The number of amides is 1. The van der Waals surface area contributed by atoms with Crippen molar-refractivity contribution in [3.05, 3.63) is 29.3 Å². The van der Waals surface area contributed by atoms with Gasteiger partial charge in [-0.3, -0.25) is 4.79 Å². The highest BCUT2D eigenvalue weighted by molar-refractivity contribution is 6.30. The van der Waals surface area contributed by atoms with E-state index in [1.807, 2.05) is 0 Å². The monoisotopic (exact) mass is 294 g/mol. The van der Waals surface area contributed by atoms with Crippen LogP contribution in [-0.2, 0) is 4.79 Å². The van der Waals surface area contributed by atoms with Crippen LogP contribution in [0.2, 0.25) is 5.02 Å². The van der Waals surface area contributed by atoms with Crippen molar-refractivity contribution in [1.29, 1.82) is 0 Å². The van der Waals surface area contributed by atoms with E-state index in [1.165, 1.54) is 12.8 Å². The zero-order valence-corrected chi connectivity index (χ0v) is 12.2. The van der Waals surface area contributed by atoms with Crippen molar-refractivity contribution >= 4 is 23.2 Å². The maximum Gasteiger partial charge on any atom is 0.277 e. The molecular weight excluding hydrogens is 276 g/mol. The number of carbonyl (C=O) groups is 1. The fourth-order valence-electron chi connectivity index (χ4n) is 2.10. The van der Waals surface area contributed by atoms with Crippen LogP contribution < -0.4 is 10.2 Å². The van der Waals surface area contributed by atoms with Crippen molar-refractivity contribution in [3.8, 4) is 5.75 Å². The van der Waals surface area contributed by atoms with Crippen molar-refractivity contribution in [3.63, 3.8) is 0 Å². The fraction of sp³-hybridized carbons (Fsp3) is 0.467. The molecule has 0 bridgehead atoms. The predicted octanol–water partition coefficient (Wildman–Crippen LogP) is 3.55. The Balaban J connectivity index is 1.74. The third-order valence-corrected chi connectivity index (χ3v) is 3.45. The molecule has 0 radical (unpaired) electrons. The Hall–Kier alpha value is -1.55. The number of hydrazone groups is 1. The summed E-state index contributed by atoms with van der Waals surface area (Å²) in [7, 11) is 0. The molecule has 20 heavy (non-hydrogen) atoms. The Morgan fingerprint density at radius 1 is 1.15 bits per heavy atom. The molecule has 1 aliphatic carbocycles. The maximum absolute atomic E-state index is 11.6. The molecule has 0 heterocycles. The lowest BCUT2D eigenvalue weighted by Gasteiger charge is -2.06. The highest BCUT2D eigenvalue weighted by atomic mass is 35.5. The zero-order chi connectivity index (χ0) is 14.2. The van der Waals surface area contributed by atoms with E-state index in [0.29, 0.717) is 10.8 Å². The Morgan fingerprint density at radius 2 is 1.80 bits per heavy atom. The first-order valence-corrected chi connectivity index (χ1v) is 7.34. The van der Waals surface area contributed by atoms with Crippen LogP contribution in [0.4, 0.5) is 0 Å². The number of halogens is 1. The van der Waals surface area contributed by atoms with Crippen LogP contribution in [0.5, 0.6) is 5.75 Å². The van der Waals surface area contributed by atoms with E-state index in [2.05, 4.69) is 10.5 Å². The molecule has 0 saturated heterocycles. The number of rotatable bonds is 4. The highest BCUT2D eigenvalue weighted by Crippen LogP contribution is 2.15. The smallest absolute Gasteiger partial charge is 0.277 e. The SMILES string of the molecule is O=C(COc1ccc(Cl)cc1)NN=C1CCCCCC1. The summed E-state index contributed by atoms with van der Waals surface area (Å²) in [5, 5.41) is 4.83. The second-order valence-electron chi connectivity index (χ2n) is 4.87. The molecule has 1 saturated carbocycles. The van der Waals surface area contributed by atoms with E-state index in [0.717, 1.165) is 31.4 Å². The molecule has 2 rings (SSSR count). The quantitative estimate of drug-likeness (QED) is 0.682. The van der Waals surface area contributed by atoms with Crippen molar-refractivity contribution < 1.29 is 9.53 Å². The topological polar surface area (TPSA) is 50.7 Å². The van der Waals surface area contributed by atoms with E-state index < -0.39 is 0 Å². The minimum absolute atomic E-state index is 0.0432. The van der Waals surface area contributed by atoms with E-state index in [9.17, 15) is 4.79 Å². The largest absolute Gasteiger partial charge is 0.484 e. The molecule has 4 nitrogen and oxygen atoms in total. The molecule has 0 atom stereocenters. The summed E-state index contributed by atoms with van der Waals surface area (Å²) in [6.07, 6.45) is 6.81. The fourth-order valence-corrected chi connectivity index (χ4v) is 2.23. The first-order chi connectivity index (χ1) is 9.74. The van der Waals surface area contributed by atoms with Crippen LogP contribution in [-0.4, -0.2) is 18.2 Å².